The van der Waals surface area contributed by atoms with Crippen LogP contribution in [0.15, 0.2) is 30.5 Å². The number of amides is 1. The van der Waals surface area contributed by atoms with Gasteiger partial charge in [0.15, 0.2) is 0 Å². The number of nitrogens with one attached hydrogen (secondary N) is 1. The number of carbonyl (C=O) groups excluding carboxylic acids is 1. The summed E-state index contributed by atoms with van der Waals surface area (Å²) < 4.78 is 32.3. The number of hydrogen-bond acceptors (Lipinski definition) is 3. The number of benzene rings is 1. The van der Waals surface area contributed by atoms with Crippen molar-refractivity contribution in [2.24, 2.45) is 0 Å². The lowest BCUT2D eigenvalue weighted by Crippen LogP contribution is -2.30. The van der Waals surface area contributed by atoms with E-state index in [4.69, 9.17) is 4.74 Å². The van der Waals surface area contributed by atoms with Gasteiger partial charge in [-0.15, -0.1) is 0 Å². The molecule has 1 aliphatic carbocycles. The number of rotatable bonds is 4. The predicted octanol–water partition coefficient (Wildman–Crippen LogP) is 4.58. The molecule has 0 bridgehead atoms. The molecule has 0 saturated heterocycles. The Balaban J connectivity index is 2.07. The second-order valence-corrected chi connectivity index (χ2v) is 6.89. The standard InChI is InChI=1S/C20H22F2N2O2/c1-12(2)24-19(25)15-8-14-9-16(26-3)10-17(18(14)23-11-15)13-4-6-20(21,22)7-5-13/h4,8-12H,5-7H2,1-3H3,(H,24,25). The first kappa shape index (κ1) is 18.3. The van der Waals surface area contributed by atoms with Crippen LogP contribution in [-0.4, -0.2) is 30.0 Å². The van der Waals surface area contributed by atoms with Crippen molar-refractivity contribution in [1.82, 2.24) is 10.3 Å². The predicted molar refractivity (Wildman–Crippen MR) is 97.7 cm³/mol. The Bertz CT molecular complexity index is 875. The van der Waals surface area contributed by atoms with Gasteiger partial charge in [0.1, 0.15) is 5.75 Å². The molecule has 26 heavy (non-hydrogen) atoms. The number of alkyl halides is 2. The summed E-state index contributed by atoms with van der Waals surface area (Å²) in [7, 11) is 1.55. The van der Waals surface area contributed by atoms with Crippen molar-refractivity contribution < 1.29 is 18.3 Å². The van der Waals surface area contributed by atoms with Crippen molar-refractivity contribution in [3.05, 3.63) is 41.6 Å². The fourth-order valence-corrected chi connectivity index (χ4v) is 3.09. The van der Waals surface area contributed by atoms with E-state index in [0.29, 0.717) is 16.8 Å². The lowest BCUT2D eigenvalue weighted by Gasteiger charge is -2.22. The van der Waals surface area contributed by atoms with Gasteiger partial charge in [0.2, 0.25) is 0 Å². The van der Waals surface area contributed by atoms with Gasteiger partial charge in [-0.1, -0.05) is 6.08 Å². The van der Waals surface area contributed by atoms with Crippen LogP contribution in [0.3, 0.4) is 0 Å². The van der Waals surface area contributed by atoms with Gasteiger partial charge >= 0.3 is 0 Å². The molecule has 0 radical (unpaired) electrons. The van der Waals surface area contributed by atoms with E-state index in [1.807, 2.05) is 19.9 Å². The van der Waals surface area contributed by atoms with E-state index >= 15 is 0 Å². The molecule has 1 heterocycles. The van der Waals surface area contributed by atoms with E-state index in [1.54, 1.807) is 25.3 Å². The smallest absolute Gasteiger partial charge is 0.253 e. The Hall–Kier alpha value is -2.50. The number of pyridine rings is 1. The van der Waals surface area contributed by atoms with Crippen LogP contribution in [0.25, 0.3) is 16.5 Å². The lowest BCUT2D eigenvalue weighted by molar-refractivity contribution is -0.00602. The van der Waals surface area contributed by atoms with E-state index in [2.05, 4.69) is 10.3 Å². The lowest BCUT2D eigenvalue weighted by atomic mass is 9.90. The fourth-order valence-electron chi connectivity index (χ4n) is 3.09. The van der Waals surface area contributed by atoms with Crippen molar-refractivity contribution in [2.75, 3.05) is 7.11 Å². The molecule has 1 amide bonds. The maximum Gasteiger partial charge on any atom is 0.253 e. The first-order chi connectivity index (χ1) is 12.3. The number of aromatic nitrogens is 1. The molecule has 1 aromatic heterocycles. The van der Waals surface area contributed by atoms with Crippen molar-refractivity contribution in [3.8, 4) is 5.75 Å². The van der Waals surface area contributed by atoms with Gasteiger partial charge in [-0.05, 0) is 44.0 Å². The van der Waals surface area contributed by atoms with E-state index < -0.39 is 5.92 Å². The topological polar surface area (TPSA) is 51.2 Å². The van der Waals surface area contributed by atoms with E-state index in [9.17, 15) is 13.6 Å². The van der Waals surface area contributed by atoms with Crippen LogP contribution >= 0.6 is 0 Å². The summed E-state index contributed by atoms with van der Waals surface area (Å²) in [5, 5.41) is 3.58. The third-order valence-corrected chi connectivity index (χ3v) is 4.43. The number of nitrogens with zero attached hydrogens (tertiary/aromatic N) is 1. The number of methoxy groups -OCH3 is 1. The molecule has 1 N–H and O–H groups in total. The number of halogens is 2. The van der Waals surface area contributed by atoms with E-state index in [0.717, 1.165) is 16.5 Å². The van der Waals surface area contributed by atoms with Crippen LogP contribution in [0.1, 0.15) is 49.0 Å². The number of allylic oxidation sites excluding steroid dienone is 2. The van der Waals surface area contributed by atoms with Crippen molar-refractivity contribution >= 4 is 22.4 Å². The minimum atomic E-state index is -2.65. The maximum absolute atomic E-state index is 13.5. The van der Waals surface area contributed by atoms with Crippen LogP contribution in [0.5, 0.6) is 5.75 Å². The molecular formula is C20H22F2N2O2. The Kier molecular flexibility index (Phi) is 4.94. The molecule has 2 aromatic rings. The van der Waals surface area contributed by atoms with Crippen molar-refractivity contribution in [2.45, 2.75) is 45.1 Å². The molecule has 1 aromatic carbocycles. The zero-order valence-electron chi connectivity index (χ0n) is 15.1. The molecular weight excluding hydrogens is 338 g/mol. The second-order valence-electron chi connectivity index (χ2n) is 6.89. The molecule has 0 aliphatic heterocycles. The first-order valence-electron chi connectivity index (χ1n) is 8.65. The average Bonchev–Trinajstić information content (AvgIpc) is 2.59. The van der Waals surface area contributed by atoms with E-state index in [1.165, 1.54) is 6.20 Å². The zero-order valence-corrected chi connectivity index (χ0v) is 15.1. The summed E-state index contributed by atoms with van der Waals surface area (Å²) in [5.74, 6) is -2.24. The van der Waals surface area contributed by atoms with Crippen LogP contribution in [0.4, 0.5) is 8.78 Å². The summed E-state index contributed by atoms with van der Waals surface area (Å²) in [6.45, 7) is 3.78. The van der Waals surface area contributed by atoms with Crippen molar-refractivity contribution in [3.63, 3.8) is 0 Å². The molecule has 0 spiro atoms. The normalized spacial score (nSPS) is 16.5. The Morgan fingerprint density at radius 3 is 2.69 bits per heavy atom. The number of fused-ring (bicyclic) bond motifs is 1. The summed E-state index contributed by atoms with van der Waals surface area (Å²) in [4.78, 5) is 16.7. The van der Waals surface area contributed by atoms with Crippen LogP contribution < -0.4 is 10.1 Å². The highest BCUT2D eigenvalue weighted by molar-refractivity contribution is 6.00. The summed E-state index contributed by atoms with van der Waals surface area (Å²) >= 11 is 0. The summed E-state index contributed by atoms with van der Waals surface area (Å²) in [5.41, 5.74) is 2.76. The van der Waals surface area contributed by atoms with Crippen LogP contribution in [0.2, 0.25) is 0 Å². The van der Waals surface area contributed by atoms with Gasteiger partial charge in [-0.3, -0.25) is 9.78 Å². The number of ether oxygens (including phenoxy) is 1. The van der Waals surface area contributed by atoms with Gasteiger partial charge in [0, 0.05) is 36.0 Å². The minimum Gasteiger partial charge on any atom is -0.497 e. The van der Waals surface area contributed by atoms with Crippen LogP contribution in [-0.2, 0) is 0 Å². The summed E-state index contributed by atoms with van der Waals surface area (Å²) in [6.07, 6.45) is 2.95. The Labute approximate surface area is 151 Å². The number of hydrogen-bond donors (Lipinski definition) is 1. The molecule has 0 unspecified atom stereocenters. The largest absolute Gasteiger partial charge is 0.497 e. The summed E-state index contributed by atoms with van der Waals surface area (Å²) in [6, 6.07) is 5.39. The third-order valence-electron chi connectivity index (χ3n) is 4.43. The fraction of sp³-hybridized carbons (Fsp3) is 0.400. The minimum absolute atomic E-state index is 0.0214. The van der Waals surface area contributed by atoms with Gasteiger partial charge in [0.05, 0.1) is 18.2 Å². The average molecular weight is 360 g/mol. The highest BCUT2D eigenvalue weighted by Crippen LogP contribution is 2.39. The SMILES string of the molecule is COc1cc(C2=CCC(F)(F)CC2)c2ncc(C(=O)NC(C)C)cc2c1. The van der Waals surface area contributed by atoms with Gasteiger partial charge in [0.25, 0.3) is 11.8 Å². The van der Waals surface area contributed by atoms with Gasteiger partial charge < -0.3 is 10.1 Å². The number of carbonyl (C=O) groups is 1. The van der Waals surface area contributed by atoms with E-state index in [-0.39, 0.29) is 31.2 Å². The second kappa shape index (κ2) is 7.02. The molecule has 4 nitrogen and oxygen atoms in total. The van der Waals surface area contributed by atoms with Gasteiger partial charge in [-0.25, -0.2) is 8.78 Å². The first-order valence-corrected chi connectivity index (χ1v) is 8.65. The molecule has 1 aliphatic rings. The van der Waals surface area contributed by atoms with Gasteiger partial charge in [-0.2, -0.15) is 0 Å². The third kappa shape index (κ3) is 3.84. The molecule has 138 valence electrons. The Morgan fingerprint density at radius 1 is 1.31 bits per heavy atom. The quantitative estimate of drug-likeness (QED) is 0.868. The molecule has 0 atom stereocenters. The molecule has 3 rings (SSSR count). The maximum atomic E-state index is 13.5. The Morgan fingerprint density at radius 2 is 2.08 bits per heavy atom. The highest BCUT2D eigenvalue weighted by atomic mass is 19.3. The molecule has 0 fully saturated rings. The molecule has 6 heteroatoms. The van der Waals surface area contributed by atoms with Crippen LogP contribution in [0, 0.1) is 0 Å². The molecule has 0 saturated carbocycles. The monoisotopic (exact) mass is 360 g/mol. The zero-order chi connectivity index (χ0) is 18.9. The van der Waals surface area contributed by atoms with Crippen molar-refractivity contribution in [1.29, 1.82) is 0 Å². The highest BCUT2D eigenvalue weighted by Gasteiger charge is 2.31.